The van der Waals surface area contributed by atoms with E-state index in [1.165, 1.54) is 60.8 Å². The molecule has 0 N–H and O–H groups in total. The molecule has 3 nitrogen and oxygen atoms in total. The number of para-hydroxylation sites is 4. The van der Waals surface area contributed by atoms with Crippen molar-refractivity contribution in [3.05, 3.63) is 338 Å². The van der Waals surface area contributed by atoms with Gasteiger partial charge >= 0.3 is 0 Å². The van der Waals surface area contributed by atoms with Crippen LogP contribution in [0.4, 0.5) is 34.1 Å². The SMILES string of the molecule is c1ccc(-c2ccc3c(c2)C(c2ccccc2)(c2ccccc2)c2cc(N(c4cc(-c5ccc6ccccc6c5-c5ccccc5)cc(N(c5ccccc5)c5ccccc5)c4)c4cccc5c4oc4ccccc45)ccc2-3)cc1. The highest BCUT2D eigenvalue weighted by Gasteiger charge is 2.47. The summed E-state index contributed by atoms with van der Waals surface area (Å²) in [4.78, 5) is 4.84. The van der Waals surface area contributed by atoms with Crippen LogP contribution in [-0.4, -0.2) is 0 Å². The molecule has 0 fully saturated rings. The zero-order valence-corrected chi connectivity index (χ0v) is 43.8. The van der Waals surface area contributed by atoms with E-state index in [1.807, 2.05) is 0 Å². The summed E-state index contributed by atoms with van der Waals surface area (Å²) in [6, 6.07) is 115. The monoisotopic (exact) mass is 1020 g/mol. The van der Waals surface area contributed by atoms with E-state index in [2.05, 4.69) is 325 Å². The second-order valence-electron chi connectivity index (χ2n) is 20.7. The molecule has 1 aromatic heterocycles. The summed E-state index contributed by atoms with van der Waals surface area (Å²) in [5, 5.41) is 4.52. The van der Waals surface area contributed by atoms with Crippen LogP contribution in [0.15, 0.2) is 320 Å². The van der Waals surface area contributed by atoms with Gasteiger partial charge in [0.1, 0.15) is 5.58 Å². The maximum absolute atomic E-state index is 7.09. The van der Waals surface area contributed by atoms with E-state index in [1.54, 1.807) is 0 Å². The minimum atomic E-state index is -0.689. The lowest BCUT2D eigenvalue weighted by Crippen LogP contribution is -2.28. The molecule has 0 aliphatic heterocycles. The third-order valence-corrected chi connectivity index (χ3v) is 16.3. The first-order valence-electron chi connectivity index (χ1n) is 27.5. The molecule has 1 aliphatic carbocycles. The number of hydrogen-bond acceptors (Lipinski definition) is 3. The maximum Gasteiger partial charge on any atom is 0.159 e. The molecule has 376 valence electrons. The Kier molecular flexibility index (Phi) is 11.4. The van der Waals surface area contributed by atoms with Gasteiger partial charge in [-0.25, -0.2) is 0 Å². The van der Waals surface area contributed by atoms with Crippen LogP contribution in [0.1, 0.15) is 22.3 Å². The highest BCUT2D eigenvalue weighted by molar-refractivity contribution is 6.11. The van der Waals surface area contributed by atoms with Crippen molar-refractivity contribution < 1.29 is 4.42 Å². The van der Waals surface area contributed by atoms with Crippen molar-refractivity contribution in [1.29, 1.82) is 0 Å². The van der Waals surface area contributed by atoms with E-state index in [0.717, 1.165) is 72.8 Å². The van der Waals surface area contributed by atoms with E-state index in [9.17, 15) is 0 Å². The van der Waals surface area contributed by atoms with Crippen LogP contribution in [0, 0.1) is 0 Å². The van der Waals surface area contributed by atoms with Crippen LogP contribution in [-0.2, 0) is 5.41 Å². The average molecular weight is 1020 g/mol. The predicted molar refractivity (Wildman–Crippen MR) is 334 cm³/mol. The van der Waals surface area contributed by atoms with Gasteiger partial charge in [-0.3, -0.25) is 0 Å². The van der Waals surface area contributed by atoms with E-state index in [0.29, 0.717) is 0 Å². The molecule has 14 aromatic rings. The van der Waals surface area contributed by atoms with Gasteiger partial charge in [0.2, 0.25) is 0 Å². The molecular weight excluding hydrogens is 969 g/mol. The molecule has 0 amide bonds. The fraction of sp³-hybridized carbons (Fsp3) is 0.0130. The Balaban J connectivity index is 1.06. The number of anilines is 6. The molecule has 3 heteroatoms. The number of rotatable bonds is 11. The van der Waals surface area contributed by atoms with Gasteiger partial charge in [-0.2, -0.15) is 0 Å². The smallest absolute Gasteiger partial charge is 0.159 e. The summed E-state index contributed by atoms with van der Waals surface area (Å²) in [5.41, 5.74) is 21.2. The standard InChI is InChI=1S/C77H52N2O/c1-7-24-53(25-8-1)56-43-46-67-68-47-44-62(52-72(68)77(71(67)50-56,58-29-11-3-12-30-58)59-31-13-4-14-32-59)79(73-40-23-39-70-69-38-21-22-41-74(69)80-76(70)73)64-49-57(48-63(51-64)78(60-33-15-5-16-34-60)61-35-17-6-18-36-61)66-45-42-54-26-19-20-37-65(54)75(66)55-27-9-2-10-28-55/h1-52H. The summed E-state index contributed by atoms with van der Waals surface area (Å²) in [6.07, 6.45) is 0. The summed E-state index contributed by atoms with van der Waals surface area (Å²) in [7, 11) is 0. The van der Waals surface area contributed by atoms with Gasteiger partial charge in [0, 0.05) is 39.2 Å². The molecule has 80 heavy (non-hydrogen) atoms. The van der Waals surface area contributed by atoms with Crippen molar-refractivity contribution in [3.63, 3.8) is 0 Å². The molecule has 13 aromatic carbocycles. The fourth-order valence-electron chi connectivity index (χ4n) is 12.8. The second-order valence-corrected chi connectivity index (χ2v) is 20.7. The quantitative estimate of drug-likeness (QED) is 0.129. The molecule has 0 atom stereocenters. The van der Waals surface area contributed by atoms with Crippen LogP contribution in [0.3, 0.4) is 0 Å². The van der Waals surface area contributed by atoms with Crippen LogP contribution >= 0.6 is 0 Å². The predicted octanol–water partition coefficient (Wildman–Crippen LogP) is 21.0. The minimum Gasteiger partial charge on any atom is -0.454 e. The molecule has 0 spiro atoms. The van der Waals surface area contributed by atoms with Crippen molar-refractivity contribution >= 4 is 66.8 Å². The zero-order valence-electron chi connectivity index (χ0n) is 43.8. The Morgan fingerprint density at radius 3 is 1.45 bits per heavy atom. The Morgan fingerprint density at radius 2 is 0.787 bits per heavy atom. The van der Waals surface area contributed by atoms with Crippen molar-refractivity contribution in [3.8, 4) is 44.5 Å². The van der Waals surface area contributed by atoms with Gasteiger partial charge in [-0.15, -0.1) is 0 Å². The third kappa shape index (κ3) is 7.74. The maximum atomic E-state index is 7.09. The third-order valence-electron chi connectivity index (χ3n) is 16.3. The molecule has 0 bridgehead atoms. The normalized spacial score (nSPS) is 12.3. The molecule has 1 aliphatic rings. The van der Waals surface area contributed by atoms with Gasteiger partial charge in [-0.1, -0.05) is 243 Å². The molecule has 1 heterocycles. The second kappa shape index (κ2) is 19.5. The van der Waals surface area contributed by atoms with Crippen molar-refractivity contribution in [2.24, 2.45) is 0 Å². The van der Waals surface area contributed by atoms with Crippen molar-refractivity contribution in [2.75, 3.05) is 9.80 Å². The average Bonchev–Trinajstić information content (AvgIpc) is 4.23. The van der Waals surface area contributed by atoms with Crippen molar-refractivity contribution in [2.45, 2.75) is 5.41 Å². The molecule has 15 rings (SSSR count). The number of benzene rings is 13. The number of fused-ring (bicyclic) bond motifs is 7. The summed E-state index contributed by atoms with van der Waals surface area (Å²) >= 11 is 0. The Hall–Kier alpha value is -10.5. The van der Waals surface area contributed by atoms with Crippen molar-refractivity contribution in [1.82, 2.24) is 0 Å². The van der Waals surface area contributed by atoms with Gasteiger partial charge < -0.3 is 14.2 Å². The van der Waals surface area contributed by atoms with E-state index in [4.69, 9.17) is 4.42 Å². The van der Waals surface area contributed by atoms with Gasteiger partial charge in [0.05, 0.1) is 11.1 Å². The molecule has 0 radical (unpaired) electrons. The van der Waals surface area contributed by atoms with Crippen LogP contribution in [0.5, 0.6) is 0 Å². The lowest BCUT2D eigenvalue weighted by molar-refractivity contribution is 0.669. The lowest BCUT2D eigenvalue weighted by Gasteiger charge is -2.35. The number of furan rings is 1. The number of hydrogen-bond donors (Lipinski definition) is 0. The lowest BCUT2D eigenvalue weighted by atomic mass is 9.67. The first-order chi connectivity index (χ1) is 39.7. The van der Waals surface area contributed by atoms with E-state index in [-0.39, 0.29) is 0 Å². The Labute approximate surface area is 466 Å². The van der Waals surface area contributed by atoms with Crippen LogP contribution in [0.2, 0.25) is 0 Å². The zero-order chi connectivity index (χ0) is 53.0. The van der Waals surface area contributed by atoms with Gasteiger partial charge in [0.25, 0.3) is 0 Å². The Morgan fingerprint density at radius 1 is 0.275 bits per heavy atom. The fourth-order valence-corrected chi connectivity index (χ4v) is 12.8. The topological polar surface area (TPSA) is 19.6 Å². The first kappa shape index (κ1) is 46.8. The highest BCUT2D eigenvalue weighted by Crippen LogP contribution is 2.59. The van der Waals surface area contributed by atoms with Gasteiger partial charge in [0.15, 0.2) is 5.58 Å². The highest BCUT2D eigenvalue weighted by atomic mass is 16.3. The summed E-state index contributed by atoms with van der Waals surface area (Å²) in [5.74, 6) is 0. The van der Waals surface area contributed by atoms with E-state index >= 15 is 0 Å². The van der Waals surface area contributed by atoms with Crippen LogP contribution < -0.4 is 9.80 Å². The van der Waals surface area contributed by atoms with Gasteiger partial charge in [-0.05, 0) is 150 Å². The number of nitrogens with zero attached hydrogens (tertiary/aromatic N) is 2. The molecule has 0 saturated carbocycles. The summed E-state index contributed by atoms with van der Waals surface area (Å²) < 4.78 is 7.09. The largest absolute Gasteiger partial charge is 0.454 e. The minimum absolute atomic E-state index is 0.689. The molecule has 0 saturated heterocycles. The van der Waals surface area contributed by atoms with Crippen LogP contribution in [0.25, 0.3) is 77.2 Å². The molecule has 0 unspecified atom stereocenters. The van der Waals surface area contributed by atoms with E-state index < -0.39 is 5.41 Å². The Bertz CT molecular complexity index is 4500. The molecular formula is C77H52N2O. The summed E-state index contributed by atoms with van der Waals surface area (Å²) in [6.45, 7) is 0. The first-order valence-corrected chi connectivity index (χ1v) is 27.5.